The highest BCUT2D eigenvalue weighted by molar-refractivity contribution is 7.13. The van der Waals surface area contributed by atoms with Crippen molar-refractivity contribution in [3.8, 4) is 0 Å². The summed E-state index contributed by atoms with van der Waals surface area (Å²) in [5, 5.41) is 3.87. The average molecular weight is 260 g/mol. The molecule has 1 heterocycles. The lowest BCUT2D eigenvalue weighted by atomic mass is 10.1. The average Bonchev–Trinajstić information content (AvgIpc) is 2.70. The Hall–Kier alpha value is -1.68. The second-order valence-electron chi connectivity index (χ2n) is 4.47. The number of hydrogen-bond donors (Lipinski definition) is 1. The van der Waals surface area contributed by atoms with Crippen molar-refractivity contribution in [1.29, 1.82) is 0 Å². The lowest BCUT2D eigenvalue weighted by Crippen LogP contribution is -2.12. The first-order chi connectivity index (χ1) is 8.47. The summed E-state index contributed by atoms with van der Waals surface area (Å²) in [6.07, 6.45) is 1.62. The summed E-state index contributed by atoms with van der Waals surface area (Å²) < 4.78 is 0. The van der Waals surface area contributed by atoms with Gasteiger partial charge in [0.2, 0.25) is 0 Å². The number of nitrogens with zero attached hydrogens (tertiary/aromatic N) is 1. The third-order valence-electron chi connectivity index (χ3n) is 2.76. The van der Waals surface area contributed by atoms with Gasteiger partial charge in [-0.25, -0.2) is 4.98 Å². The van der Waals surface area contributed by atoms with Gasteiger partial charge in [-0.1, -0.05) is 17.7 Å². The van der Waals surface area contributed by atoms with E-state index in [1.807, 2.05) is 20.8 Å². The summed E-state index contributed by atoms with van der Waals surface area (Å²) >= 11 is 1.41. The van der Waals surface area contributed by atoms with Gasteiger partial charge in [0.05, 0.1) is 11.2 Å². The van der Waals surface area contributed by atoms with E-state index < -0.39 is 0 Å². The molecule has 0 saturated carbocycles. The number of amides is 1. The van der Waals surface area contributed by atoms with Gasteiger partial charge >= 0.3 is 0 Å². The molecule has 0 radical (unpaired) electrons. The van der Waals surface area contributed by atoms with Crippen molar-refractivity contribution in [3.05, 3.63) is 44.9 Å². The molecule has 1 aromatic heterocycles. The molecule has 1 amide bonds. The number of rotatable bonds is 2. The smallest absolute Gasteiger partial charge is 0.267 e. The fraction of sp³-hybridized carbons (Fsp3) is 0.286. The van der Waals surface area contributed by atoms with E-state index in [9.17, 15) is 4.79 Å². The van der Waals surface area contributed by atoms with E-state index in [1.54, 1.807) is 6.20 Å². The van der Waals surface area contributed by atoms with Gasteiger partial charge < -0.3 is 5.32 Å². The molecule has 0 unspecified atom stereocenters. The summed E-state index contributed by atoms with van der Waals surface area (Å²) in [5.74, 6) is -0.0874. The molecule has 0 fully saturated rings. The molecule has 3 nitrogen and oxygen atoms in total. The number of anilines is 1. The summed E-state index contributed by atoms with van der Waals surface area (Å²) in [6, 6.07) is 4.14. The minimum Gasteiger partial charge on any atom is -0.321 e. The van der Waals surface area contributed by atoms with Crippen LogP contribution in [0.15, 0.2) is 18.3 Å². The van der Waals surface area contributed by atoms with Crippen molar-refractivity contribution in [2.45, 2.75) is 27.7 Å². The largest absolute Gasteiger partial charge is 0.321 e. The Labute approximate surface area is 111 Å². The minimum atomic E-state index is -0.0874. The maximum Gasteiger partial charge on any atom is 0.267 e. The number of nitrogens with one attached hydrogen (secondary N) is 1. The molecule has 2 rings (SSSR count). The Morgan fingerprint density at radius 1 is 1.17 bits per heavy atom. The molecule has 1 aromatic carbocycles. The normalized spacial score (nSPS) is 10.4. The molecule has 0 saturated heterocycles. The van der Waals surface area contributed by atoms with Crippen LogP contribution in [0.4, 0.5) is 5.69 Å². The lowest BCUT2D eigenvalue weighted by Gasteiger charge is -2.11. The van der Waals surface area contributed by atoms with Crippen molar-refractivity contribution >= 4 is 22.9 Å². The summed E-state index contributed by atoms with van der Waals surface area (Å²) in [4.78, 5) is 16.8. The molecule has 0 bridgehead atoms. The molecule has 0 aliphatic heterocycles. The molecule has 18 heavy (non-hydrogen) atoms. The Bertz CT molecular complexity index is 579. The van der Waals surface area contributed by atoms with Crippen LogP contribution in [0.3, 0.4) is 0 Å². The van der Waals surface area contributed by atoms with Gasteiger partial charge in [0.25, 0.3) is 5.91 Å². The molecule has 2 aromatic rings. The van der Waals surface area contributed by atoms with Crippen molar-refractivity contribution in [2.75, 3.05) is 5.32 Å². The molecule has 4 heteroatoms. The molecular weight excluding hydrogens is 244 g/mol. The van der Waals surface area contributed by atoms with Crippen LogP contribution in [-0.2, 0) is 0 Å². The maximum atomic E-state index is 12.1. The SMILES string of the molecule is Cc1cc(C)c(NC(=O)c2cnc(C)s2)c(C)c1. The predicted molar refractivity (Wildman–Crippen MR) is 75.5 cm³/mol. The number of carbonyl (C=O) groups is 1. The zero-order chi connectivity index (χ0) is 13.3. The first kappa shape index (κ1) is 12.8. The topological polar surface area (TPSA) is 42.0 Å². The van der Waals surface area contributed by atoms with E-state index in [-0.39, 0.29) is 5.91 Å². The number of hydrogen-bond acceptors (Lipinski definition) is 3. The predicted octanol–water partition coefficient (Wildman–Crippen LogP) is 3.63. The van der Waals surface area contributed by atoms with Crippen LogP contribution in [-0.4, -0.2) is 10.9 Å². The van der Waals surface area contributed by atoms with Crippen molar-refractivity contribution in [1.82, 2.24) is 4.98 Å². The first-order valence-corrected chi connectivity index (χ1v) is 6.60. The number of benzene rings is 1. The van der Waals surface area contributed by atoms with Gasteiger partial charge in [-0.3, -0.25) is 4.79 Å². The van der Waals surface area contributed by atoms with Crippen LogP contribution in [0.2, 0.25) is 0 Å². The first-order valence-electron chi connectivity index (χ1n) is 5.79. The van der Waals surface area contributed by atoms with E-state index in [1.165, 1.54) is 16.9 Å². The van der Waals surface area contributed by atoms with Crippen LogP contribution in [0.5, 0.6) is 0 Å². The number of thiazole rings is 1. The minimum absolute atomic E-state index is 0.0874. The van der Waals surface area contributed by atoms with E-state index in [0.717, 1.165) is 21.8 Å². The van der Waals surface area contributed by atoms with Crippen LogP contribution in [0.25, 0.3) is 0 Å². The Morgan fingerprint density at radius 3 is 2.28 bits per heavy atom. The number of aryl methyl sites for hydroxylation is 4. The standard InChI is InChI=1S/C14H16N2OS/c1-8-5-9(2)13(10(3)6-8)16-14(17)12-7-15-11(4)18-12/h5-7H,1-4H3,(H,16,17). The van der Waals surface area contributed by atoms with Crippen LogP contribution in [0, 0.1) is 27.7 Å². The van der Waals surface area contributed by atoms with Crippen molar-refractivity contribution < 1.29 is 4.79 Å². The molecule has 0 aliphatic carbocycles. The molecule has 0 atom stereocenters. The highest BCUT2D eigenvalue weighted by Gasteiger charge is 2.12. The molecule has 0 aliphatic rings. The van der Waals surface area contributed by atoms with Gasteiger partial charge in [0, 0.05) is 5.69 Å². The van der Waals surface area contributed by atoms with Crippen LogP contribution < -0.4 is 5.32 Å². The fourth-order valence-electron chi connectivity index (χ4n) is 2.02. The Balaban J connectivity index is 2.27. The van der Waals surface area contributed by atoms with Gasteiger partial charge in [-0.05, 0) is 38.8 Å². The summed E-state index contributed by atoms with van der Waals surface area (Å²) in [6.45, 7) is 7.96. The fourth-order valence-corrected chi connectivity index (χ4v) is 2.69. The summed E-state index contributed by atoms with van der Waals surface area (Å²) in [5.41, 5.74) is 4.28. The zero-order valence-corrected chi connectivity index (χ0v) is 11.8. The van der Waals surface area contributed by atoms with Gasteiger partial charge in [0.15, 0.2) is 0 Å². The van der Waals surface area contributed by atoms with E-state index >= 15 is 0 Å². The van der Waals surface area contributed by atoms with Crippen molar-refractivity contribution in [2.24, 2.45) is 0 Å². The third kappa shape index (κ3) is 2.59. The van der Waals surface area contributed by atoms with E-state index in [0.29, 0.717) is 4.88 Å². The van der Waals surface area contributed by atoms with Gasteiger partial charge in [0.1, 0.15) is 4.88 Å². The molecular formula is C14H16N2OS. The second-order valence-corrected chi connectivity index (χ2v) is 5.71. The number of aromatic nitrogens is 1. The quantitative estimate of drug-likeness (QED) is 0.896. The van der Waals surface area contributed by atoms with E-state index in [2.05, 4.69) is 29.4 Å². The highest BCUT2D eigenvalue weighted by Crippen LogP contribution is 2.23. The highest BCUT2D eigenvalue weighted by atomic mass is 32.1. The van der Waals surface area contributed by atoms with Crippen LogP contribution >= 0.6 is 11.3 Å². The Kier molecular flexibility index (Phi) is 3.48. The van der Waals surface area contributed by atoms with Crippen molar-refractivity contribution in [3.63, 3.8) is 0 Å². The van der Waals surface area contributed by atoms with E-state index in [4.69, 9.17) is 0 Å². The number of carbonyl (C=O) groups excluding carboxylic acids is 1. The van der Waals surface area contributed by atoms with Crippen LogP contribution in [0.1, 0.15) is 31.4 Å². The lowest BCUT2D eigenvalue weighted by molar-refractivity contribution is 0.103. The molecule has 1 N–H and O–H groups in total. The maximum absolute atomic E-state index is 12.1. The second kappa shape index (κ2) is 4.90. The monoisotopic (exact) mass is 260 g/mol. The van der Waals surface area contributed by atoms with Gasteiger partial charge in [-0.15, -0.1) is 11.3 Å². The molecule has 0 spiro atoms. The Morgan fingerprint density at radius 2 is 1.78 bits per heavy atom. The third-order valence-corrected chi connectivity index (χ3v) is 3.67. The summed E-state index contributed by atoms with van der Waals surface area (Å²) in [7, 11) is 0. The van der Waals surface area contributed by atoms with Gasteiger partial charge in [-0.2, -0.15) is 0 Å². The zero-order valence-electron chi connectivity index (χ0n) is 11.0. The molecule has 94 valence electrons.